The lowest BCUT2D eigenvalue weighted by Crippen LogP contribution is -2.45. The molecule has 0 aromatic rings. The summed E-state index contributed by atoms with van der Waals surface area (Å²) in [7, 11) is 0. The summed E-state index contributed by atoms with van der Waals surface area (Å²) in [5.74, 6) is -0.0388. The highest BCUT2D eigenvalue weighted by Crippen LogP contribution is 2.18. The lowest BCUT2D eigenvalue weighted by atomic mass is 10.0. The van der Waals surface area contributed by atoms with E-state index in [1.807, 2.05) is 0 Å². The molecule has 0 saturated carbocycles. The van der Waals surface area contributed by atoms with E-state index >= 15 is 0 Å². The number of carbonyl (C=O) groups excluding carboxylic acids is 2. The number of esters is 1. The second kappa shape index (κ2) is 60.9. The quantitative estimate of drug-likeness (QED) is 0.0320. The van der Waals surface area contributed by atoms with Gasteiger partial charge in [-0.25, -0.2) is 0 Å². The predicted octanol–water partition coefficient (Wildman–Crippen LogP) is 20.2. The van der Waals surface area contributed by atoms with Crippen LogP contribution in [-0.4, -0.2) is 47.4 Å². The van der Waals surface area contributed by atoms with Crippen LogP contribution in [0.1, 0.15) is 354 Å². The Hall–Kier alpha value is -1.66. The molecule has 0 aromatic carbocycles. The molecule has 0 spiro atoms. The molecule has 420 valence electrons. The van der Waals surface area contributed by atoms with Crippen molar-refractivity contribution in [2.24, 2.45) is 0 Å². The van der Waals surface area contributed by atoms with Crippen LogP contribution >= 0.6 is 0 Å². The number of aliphatic hydroxyl groups excluding tert-OH is 2. The van der Waals surface area contributed by atoms with E-state index < -0.39 is 12.1 Å². The van der Waals surface area contributed by atoms with E-state index in [4.69, 9.17) is 4.74 Å². The summed E-state index contributed by atoms with van der Waals surface area (Å²) in [6, 6.07) is -0.547. The van der Waals surface area contributed by atoms with E-state index in [0.29, 0.717) is 25.9 Å². The van der Waals surface area contributed by atoms with Crippen molar-refractivity contribution in [3.05, 3.63) is 24.3 Å². The molecular weight excluding hydrogens is 875 g/mol. The second-order valence-corrected chi connectivity index (χ2v) is 22.1. The smallest absolute Gasteiger partial charge is 0.305 e. The van der Waals surface area contributed by atoms with Crippen LogP contribution in [0, 0.1) is 0 Å². The molecule has 2 unspecified atom stereocenters. The maximum Gasteiger partial charge on any atom is 0.305 e. The molecule has 6 heteroatoms. The van der Waals surface area contributed by atoms with Crippen molar-refractivity contribution < 1.29 is 24.5 Å². The molecule has 3 N–H and O–H groups in total. The Kier molecular flexibility index (Phi) is 59.5. The number of amides is 1. The minimum absolute atomic E-state index is 0.00142. The highest BCUT2D eigenvalue weighted by molar-refractivity contribution is 5.76. The van der Waals surface area contributed by atoms with E-state index in [2.05, 4.69) is 43.5 Å². The molecule has 0 aliphatic carbocycles. The normalized spacial score (nSPS) is 12.7. The molecule has 6 nitrogen and oxygen atoms in total. The number of rotatable bonds is 60. The number of hydrogen-bond acceptors (Lipinski definition) is 5. The maximum absolute atomic E-state index is 12.5. The van der Waals surface area contributed by atoms with Gasteiger partial charge in [0.25, 0.3) is 0 Å². The summed E-state index contributed by atoms with van der Waals surface area (Å²) < 4.78 is 5.48. The van der Waals surface area contributed by atoms with E-state index in [1.54, 1.807) is 0 Å². The Balaban J connectivity index is 3.42. The van der Waals surface area contributed by atoms with Crippen molar-refractivity contribution in [2.75, 3.05) is 13.2 Å². The minimum atomic E-state index is -0.669. The summed E-state index contributed by atoms with van der Waals surface area (Å²) in [5.41, 5.74) is 0. The van der Waals surface area contributed by atoms with Crippen LogP contribution in [0.25, 0.3) is 0 Å². The van der Waals surface area contributed by atoms with Gasteiger partial charge >= 0.3 is 5.97 Å². The SMILES string of the molecule is CCCCCCCCC/C=C\CCCCCCCC(=O)OCCCCCCCCCCCC/C=C\CCCCCCCCCC(=O)NC(CO)C(O)CCCCCCCCCCCCCCCCCCC. The number of unbranched alkanes of at least 4 members (excludes halogenated alkanes) is 45. The Morgan fingerprint density at radius 3 is 1.00 bits per heavy atom. The summed E-state index contributed by atoms with van der Waals surface area (Å²) in [6.07, 6.45) is 74.7. The first-order valence-electron chi connectivity index (χ1n) is 32.1. The van der Waals surface area contributed by atoms with Gasteiger partial charge in [0, 0.05) is 12.8 Å². The molecule has 0 heterocycles. The molecular formula is C65H125NO5. The molecule has 0 saturated heterocycles. The molecule has 0 bridgehead atoms. The van der Waals surface area contributed by atoms with Gasteiger partial charge in [-0.15, -0.1) is 0 Å². The number of hydrogen-bond donors (Lipinski definition) is 3. The fraction of sp³-hybridized carbons (Fsp3) is 0.908. The first-order chi connectivity index (χ1) is 35.0. The number of ether oxygens (including phenoxy) is 1. The Labute approximate surface area is 443 Å². The van der Waals surface area contributed by atoms with Crippen LogP contribution in [-0.2, 0) is 14.3 Å². The number of allylic oxidation sites excluding steroid dienone is 4. The molecule has 1 amide bonds. The summed E-state index contributed by atoms with van der Waals surface area (Å²) in [6.45, 7) is 4.96. The van der Waals surface area contributed by atoms with E-state index in [9.17, 15) is 19.8 Å². The first kappa shape index (κ1) is 69.3. The van der Waals surface area contributed by atoms with Gasteiger partial charge in [0.2, 0.25) is 5.91 Å². The van der Waals surface area contributed by atoms with Gasteiger partial charge in [-0.05, 0) is 77.0 Å². The van der Waals surface area contributed by atoms with Gasteiger partial charge < -0.3 is 20.3 Å². The van der Waals surface area contributed by atoms with Crippen LogP contribution in [0.4, 0.5) is 0 Å². The number of aliphatic hydroxyl groups is 2. The lowest BCUT2D eigenvalue weighted by molar-refractivity contribution is -0.143. The van der Waals surface area contributed by atoms with Gasteiger partial charge in [0.1, 0.15) is 0 Å². The van der Waals surface area contributed by atoms with Crippen molar-refractivity contribution in [2.45, 2.75) is 366 Å². The number of nitrogens with one attached hydrogen (secondary N) is 1. The van der Waals surface area contributed by atoms with Crippen LogP contribution in [0.5, 0.6) is 0 Å². The fourth-order valence-electron chi connectivity index (χ4n) is 10.0. The zero-order valence-electron chi connectivity index (χ0n) is 48.0. The average molecular weight is 1000 g/mol. The van der Waals surface area contributed by atoms with E-state index in [-0.39, 0.29) is 18.5 Å². The van der Waals surface area contributed by atoms with Gasteiger partial charge in [-0.1, -0.05) is 289 Å². The van der Waals surface area contributed by atoms with Crippen molar-refractivity contribution in [1.29, 1.82) is 0 Å². The van der Waals surface area contributed by atoms with Crippen molar-refractivity contribution in [1.82, 2.24) is 5.32 Å². The zero-order chi connectivity index (χ0) is 51.4. The van der Waals surface area contributed by atoms with Gasteiger partial charge in [-0.2, -0.15) is 0 Å². The summed E-state index contributed by atoms with van der Waals surface area (Å²) in [5, 5.41) is 23.3. The highest BCUT2D eigenvalue weighted by Gasteiger charge is 2.20. The van der Waals surface area contributed by atoms with Crippen molar-refractivity contribution in [3.8, 4) is 0 Å². The number of carbonyl (C=O) groups is 2. The molecule has 0 fully saturated rings. The van der Waals surface area contributed by atoms with E-state index in [0.717, 1.165) is 44.9 Å². The van der Waals surface area contributed by atoms with E-state index in [1.165, 1.54) is 276 Å². The molecule has 2 atom stereocenters. The molecule has 0 aliphatic rings. The van der Waals surface area contributed by atoms with Gasteiger partial charge in [-0.3, -0.25) is 9.59 Å². The fourth-order valence-corrected chi connectivity index (χ4v) is 10.0. The third-order valence-electron chi connectivity index (χ3n) is 15.0. The van der Waals surface area contributed by atoms with Gasteiger partial charge in [0.15, 0.2) is 0 Å². The third-order valence-corrected chi connectivity index (χ3v) is 15.0. The molecule has 0 radical (unpaired) electrons. The lowest BCUT2D eigenvalue weighted by Gasteiger charge is -2.22. The second-order valence-electron chi connectivity index (χ2n) is 22.1. The highest BCUT2D eigenvalue weighted by atomic mass is 16.5. The van der Waals surface area contributed by atoms with Crippen LogP contribution in [0.3, 0.4) is 0 Å². The third kappa shape index (κ3) is 57.5. The zero-order valence-corrected chi connectivity index (χ0v) is 48.0. The standard InChI is InChI=1S/C65H125NO5/c1-3-5-7-9-11-13-15-17-19-26-29-33-37-41-45-49-53-57-63(68)62(61-67)66-64(69)58-54-50-46-42-38-34-30-27-24-22-21-23-25-28-32-36-40-44-48-52-56-60-71-65(70)59-55-51-47-43-39-35-31-20-18-16-14-12-10-8-6-4-2/h20,22,24,31,62-63,67-68H,3-19,21,23,25-30,32-61H2,1-2H3,(H,66,69)/b24-22-,31-20-. The summed E-state index contributed by atoms with van der Waals surface area (Å²) in [4.78, 5) is 24.6. The molecule has 0 aliphatic heterocycles. The molecule has 0 aromatic heterocycles. The topological polar surface area (TPSA) is 95.9 Å². The van der Waals surface area contributed by atoms with Crippen LogP contribution in [0.2, 0.25) is 0 Å². The Morgan fingerprint density at radius 1 is 0.380 bits per heavy atom. The minimum Gasteiger partial charge on any atom is -0.466 e. The molecule has 0 rings (SSSR count). The Morgan fingerprint density at radius 2 is 0.662 bits per heavy atom. The maximum atomic E-state index is 12.5. The largest absolute Gasteiger partial charge is 0.466 e. The average Bonchev–Trinajstić information content (AvgIpc) is 3.37. The molecule has 71 heavy (non-hydrogen) atoms. The van der Waals surface area contributed by atoms with Crippen molar-refractivity contribution >= 4 is 11.9 Å². The monoisotopic (exact) mass is 1000 g/mol. The predicted molar refractivity (Wildman–Crippen MR) is 310 cm³/mol. The Bertz CT molecular complexity index is 1110. The van der Waals surface area contributed by atoms with Gasteiger partial charge in [0.05, 0.1) is 25.4 Å². The van der Waals surface area contributed by atoms with Crippen molar-refractivity contribution in [3.63, 3.8) is 0 Å². The first-order valence-corrected chi connectivity index (χ1v) is 32.1. The van der Waals surface area contributed by atoms with Crippen LogP contribution < -0.4 is 5.32 Å². The van der Waals surface area contributed by atoms with Crippen LogP contribution in [0.15, 0.2) is 24.3 Å². The summed E-state index contributed by atoms with van der Waals surface area (Å²) >= 11 is 0.